The maximum absolute atomic E-state index is 10.5. The molecule has 0 radical (unpaired) electrons. The minimum atomic E-state index is -1.23. The van der Waals surface area contributed by atoms with Gasteiger partial charge in [0.15, 0.2) is 0 Å². The van der Waals surface area contributed by atoms with Gasteiger partial charge in [-0.05, 0) is 25.0 Å². The van der Waals surface area contributed by atoms with E-state index < -0.39 is 23.9 Å². The lowest BCUT2D eigenvalue weighted by Gasteiger charge is -1.98. The van der Waals surface area contributed by atoms with Gasteiger partial charge in [-0.2, -0.15) is 0 Å². The summed E-state index contributed by atoms with van der Waals surface area (Å²) in [5.41, 5.74) is -0.380. The van der Waals surface area contributed by atoms with Crippen LogP contribution in [0, 0.1) is 0 Å². The second-order valence-corrected chi connectivity index (χ2v) is 5.09. The lowest BCUT2D eigenvalue weighted by atomic mass is 10.1. The molecule has 0 aromatic heterocycles. The van der Waals surface area contributed by atoms with Crippen LogP contribution >= 0.6 is 0 Å². The molecule has 1 aromatic carbocycles. The van der Waals surface area contributed by atoms with E-state index in [1.165, 1.54) is 24.3 Å². The Morgan fingerprint density at radius 1 is 0.633 bits per heavy atom. The molecule has 8 nitrogen and oxygen atoms in total. The van der Waals surface area contributed by atoms with Crippen LogP contribution in [0.4, 0.5) is 0 Å². The summed E-state index contributed by atoms with van der Waals surface area (Å²) in [6.45, 7) is 13.4. The zero-order chi connectivity index (χ0) is 23.9. The SMILES string of the molecule is C=CC=C.C=CC=C.O=C(O)CCCCC(=O)O.O=C(O)c1ccccc1C(=O)O. The van der Waals surface area contributed by atoms with Crippen molar-refractivity contribution in [2.75, 3.05) is 0 Å². The third-order valence-corrected chi connectivity index (χ3v) is 2.75. The molecule has 0 aliphatic carbocycles. The fourth-order valence-corrected chi connectivity index (χ4v) is 1.41. The van der Waals surface area contributed by atoms with Gasteiger partial charge in [0.05, 0.1) is 11.1 Å². The largest absolute Gasteiger partial charge is 0.481 e. The normalized spacial score (nSPS) is 8.13. The second kappa shape index (κ2) is 21.4. The average molecular weight is 420 g/mol. The van der Waals surface area contributed by atoms with Crippen molar-refractivity contribution >= 4 is 23.9 Å². The molecule has 30 heavy (non-hydrogen) atoms. The van der Waals surface area contributed by atoms with E-state index in [1.807, 2.05) is 0 Å². The summed E-state index contributed by atoms with van der Waals surface area (Å²) in [5, 5.41) is 33.4. The van der Waals surface area contributed by atoms with E-state index in [9.17, 15) is 19.2 Å². The third-order valence-electron chi connectivity index (χ3n) is 2.75. The molecule has 0 saturated heterocycles. The fourth-order valence-electron chi connectivity index (χ4n) is 1.41. The first-order valence-corrected chi connectivity index (χ1v) is 8.55. The summed E-state index contributed by atoms with van der Waals surface area (Å²) in [6.07, 6.45) is 7.57. The van der Waals surface area contributed by atoms with E-state index in [1.54, 1.807) is 24.3 Å². The molecule has 1 aromatic rings. The molecule has 0 saturated carbocycles. The van der Waals surface area contributed by atoms with Gasteiger partial charge in [0, 0.05) is 12.8 Å². The monoisotopic (exact) mass is 420 g/mol. The molecule has 0 fully saturated rings. The molecule has 0 heterocycles. The zero-order valence-corrected chi connectivity index (χ0v) is 16.7. The third kappa shape index (κ3) is 22.1. The molecular weight excluding hydrogens is 392 g/mol. The molecule has 0 spiro atoms. The fraction of sp³-hybridized carbons (Fsp3) is 0.182. The van der Waals surface area contributed by atoms with Crippen molar-refractivity contribution in [1.29, 1.82) is 0 Å². The number of carboxylic acids is 4. The maximum Gasteiger partial charge on any atom is 0.336 e. The van der Waals surface area contributed by atoms with Crippen LogP contribution in [0.15, 0.2) is 74.9 Å². The first kappa shape index (κ1) is 30.8. The van der Waals surface area contributed by atoms with Crippen molar-refractivity contribution in [3.05, 3.63) is 86.0 Å². The van der Waals surface area contributed by atoms with Crippen molar-refractivity contribution in [2.24, 2.45) is 0 Å². The highest BCUT2D eigenvalue weighted by molar-refractivity contribution is 6.01. The van der Waals surface area contributed by atoms with Crippen LogP contribution in [0.2, 0.25) is 0 Å². The van der Waals surface area contributed by atoms with Gasteiger partial charge in [-0.1, -0.05) is 62.8 Å². The Labute approximate surface area is 175 Å². The van der Waals surface area contributed by atoms with Gasteiger partial charge in [0.25, 0.3) is 0 Å². The highest BCUT2D eigenvalue weighted by atomic mass is 16.4. The van der Waals surface area contributed by atoms with Crippen molar-refractivity contribution in [3.8, 4) is 0 Å². The highest BCUT2D eigenvalue weighted by Crippen LogP contribution is 2.07. The number of aliphatic carboxylic acids is 2. The lowest BCUT2D eigenvalue weighted by molar-refractivity contribution is -0.139. The van der Waals surface area contributed by atoms with Crippen LogP contribution in [0.3, 0.4) is 0 Å². The number of benzene rings is 1. The Morgan fingerprint density at radius 3 is 1.07 bits per heavy atom. The Bertz CT molecular complexity index is 647. The van der Waals surface area contributed by atoms with Crippen molar-refractivity contribution in [1.82, 2.24) is 0 Å². The minimum absolute atomic E-state index is 0.0628. The first-order valence-electron chi connectivity index (χ1n) is 8.55. The van der Waals surface area contributed by atoms with E-state index in [4.69, 9.17) is 20.4 Å². The molecule has 0 aliphatic heterocycles. The number of hydrogen-bond donors (Lipinski definition) is 4. The number of allylic oxidation sites excluding steroid dienone is 4. The predicted octanol–water partition coefficient (Wildman–Crippen LogP) is 4.52. The Balaban J connectivity index is -0.000000364. The quantitative estimate of drug-likeness (QED) is 0.336. The summed E-state index contributed by atoms with van der Waals surface area (Å²) in [5.74, 6) is -4.20. The van der Waals surface area contributed by atoms with Gasteiger partial charge in [0.1, 0.15) is 0 Å². The molecular formula is C22H28O8. The molecule has 0 atom stereocenters. The van der Waals surface area contributed by atoms with Crippen LogP contribution in [-0.2, 0) is 9.59 Å². The second-order valence-electron chi connectivity index (χ2n) is 5.09. The van der Waals surface area contributed by atoms with E-state index >= 15 is 0 Å². The topological polar surface area (TPSA) is 149 Å². The zero-order valence-electron chi connectivity index (χ0n) is 16.7. The number of hydrogen-bond acceptors (Lipinski definition) is 4. The Kier molecular flexibility index (Phi) is 21.9. The number of rotatable bonds is 9. The maximum atomic E-state index is 10.5. The van der Waals surface area contributed by atoms with Crippen LogP contribution in [-0.4, -0.2) is 44.3 Å². The average Bonchev–Trinajstić information content (AvgIpc) is 2.71. The number of carbonyl (C=O) groups is 4. The minimum Gasteiger partial charge on any atom is -0.481 e. The Morgan fingerprint density at radius 2 is 0.900 bits per heavy atom. The molecule has 8 heteroatoms. The lowest BCUT2D eigenvalue weighted by Crippen LogP contribution is -2.06. The van der Waals surface area contributed by atoms with Crippen LogP contribution in [0.25, 0.3) is 0 Å². The van der Waals surface area contributed by atoms with Gasteiger partial charge in [-0.15, -0.1) is 0 Å². The molecule has 164 valence electrons. The highest BCUT2D eigenvalue weighted by Gasteiger charge is 2.13. The molecule has 4 N–H and O–H groups in total. The van der Waals surface area contributed by atoms with E-state index in [-0.39, 0.29) is 24.0 Å². The summed E-state index contributed by atoms with van der Waals surface area (Å²) in [7, 11) is 0. The Hall–Kier alpha value is -3.94. The number of carboxylic acid groups (broad SMARTS) is 4. The van der Waals surface area contributed by atoms with Crippen molar-refractivity contribution in [3.63, 3.8) is 0 Å². The number of unbranched alkanes of at least 4 members (excludes halogenated alkanes) is 1. The van der Waals surface area contributed by atoms with Crippen molar-refractivity contribution < 1.29 is 39.6 Å². The molecule has 0 aliphatic rings. The first-order chi connectivity index (χ1) is 14.1. The summed E-state index contributed by atoms with van der Waals surface area (Å²) in [6, 6.07) is 5.48. The van der Waals surface area contributed by atoms with E-state index in [0.29, 0.717) is 12.8 Å². The number of aromatic carboxylic acids is 2. The smallest absolute Gasteiger partial charge is 0.336 e. The van der Waals surface area contributed by atoms with E-state index in [0.717, 1.165) is 0 Å². The molecule has 0 amide bonds. The summed E-state index contributed by atoms with van der Waals surface area (Å²) in [4.78, 5) is 40.7. The van der Waals surface area contributed by atoms with Crippen LogP contribution in [0.1, 0.15) is 46.4 Å². The standard InChI is InChI=1S/C8H6O4.C6H10O4.2C4H6/c9-7(10)5-3-1-2-4-6(5)8(11)12;7-5(8)3-1-2-4-6(9)10;2*1-3-4-2/h1-4H,(H,9,10)(H,11,12);1-4H2,(H,7,8)(H,9,10);2*3-4H,1-2H2. The van der Waals surface area contributed by atoms with Crippen LogP contribution < -0.4 is 0 Å². The van der Waals surface area contributed by atoms with Gasteiger partial charge in [-0.3, -0.25) is 9.59 Å². The van der Waals surface area contributed by atoms with Gasteiger partial charge >= 0.3 is 23.9 Å². The summed E-state index contributed by atoms with van der Waals surface area (Å²) >= 11 is 0. The van der Waals surface area contributed by atoms with Gasteiger partial charge < -0.3 is 20.4 Å². The molecule has 0 bridgehead atoms. The summed E-state index contributed by atoms with van der Waals surface area (Å²) < 4.78 is 0. The van der Waals surface area contributed by atoms with E-state index in [2.05, 4.69) is 26.3 Å². The molecule has 1 rings (SSSR count). The van der Waals surface area contributed by atoms with Crippen LogP contribution in [0.5, 0.6) is 0 Å². The van der Waals surface area contributed by atoms with Gasteiger partial charge in [-0.25, -0.2) is 9.59 Å². The molecule has 0 unspecified atom stereocenters. The van der Waals surface area contributed by atoms with Crippen molar-refractivity contribution in [2.45, 2.75) is 25.7 Å². The predicted molar refractivity (Wildman–Crippen MR) is 115 cm³/mol. The van der Waals surface area contributed by atoms with Gasteiger partial charge in [0.2, 0.25) is 0 Å².